The molecule has 2 N–H and O–H groups in total. The Balaban J connectivity index is 1.49. The molecule has 1 aliphatic rings. The molecule has 0 atom stereocenters. The quantitative estimate of drug-likeness (QED) is 0.395. The van der Waals surface area contributed by atoms with E-state index in [4.69, 9.17) is 9.73 Å². The van der Waals surface area contributed by atoms with E-state index in [1.807, 2.05) is 30.3 Å². The number of rotatable bonds is 9. The van der Waals surface area contributed by atoms with Crippen LogP contribution in [0.3, 0.4) is 0 Å². The third-order valence-corrected chi connectivity index (χ3v) is 4.98. The molecule has 1 aromatic carbocycles. The predicted octanol–water partition coefficient (Wildman–Crippen LogP) is 2.79. The highest BCUT2D eigenvalue weighted by Gasteiger charge is 2.14. The van der Waals surface area contributed by atoms with Gasteiger partial charge in [0.05, 0.1) is 13.1 Å². The summed E-state index contributed by atoms with van der Waals surface area (Å²) in [7, 11) is 0. The summed E-state index contributed by atoms with van der Waals surface area (Å²) in [5.74, 6) is 2.76. The second-order valence-corrected chi connectivity index (χ2v) is 7.09. The fourth-order valence-corrected chi connectivity index (χ4v) is 3.46. The molecule has 1 aliphatic carbocycles. The van der Waals surface area contributed by atoms with Crippen molar-refractivity contribution in [2.45, 2.75) is 58.0 Å². The Hall–Kier alpha value is -2.57. The monoisotopic (exact) mass is 384 g/mol. The zero-order valence-corrected chi connectivity index (χ0v) is 16.8. The molecule has 0 aliphatic heterocycles. The Morgan fingerprint density at radius 1 is 1.21 bits per heavy atom. The van der Waals surface area contributed by atoms with Crippen molar-refractivity contribution in [1.29, 1.82) is 0 Å². The van der Waals surface area contributed by atoms with Gasteiger partial charge in [-0.2, -0.15) is 0 Å². The lowest BCUT2D eigenvalue weighted by Crippen LogP contribution is -2.45. The molecule has 1 heterocycles. The van der Waals surface area contributed by atoms with Crippen LogP contribution < -0.4 is 15.4 Å². The van der Waals surface area contributed by atoms with E-state index in [1.165, 1.54) is 32.1 Å². The zero-order chi connectivity index (χ0) is 19.4. The van der Waals surface area contributed by atoms with Crippen LogP contribution in [-0.4, -0.2) is 46.5 Å². The molecule has 0 radical (unpaired) electrons. The van der Waals surface area contributed by atoms with E-state index in [0.717, 1.165) is 30.5 Å². The standard InChI is InChI=1S/C21H32N6O/c1-2-20-26-24-17-27(20)15-13-22-21(25-18-9-5-3-6-10-18)23-14-16-28-19-11-7-4-8-12-19/h4,7-8,11-12,17-18H,2-3,5-6,9-10,13-16H2,1H3,(H2,22,23,25). The van der Waals surface area contributed by atoms with E-state index in [0.29, 0.717) is 25.7 Å². The first-order valence-electron chi connectivity index (χ1n) is 10.4. The topological polar surface area (TPSA) is 76.4 Å². The van der Waals surface area contributed by atoms with Gasteiger partial charge in [0.15, 0.2) is 5.96 Å². The van der Waals surface area contributed by atoms with Crippen molar-refractivity contribution >= 4 is 5.96 Å². The largest absolute Gasteiger partial charge is 0.492 e. The maximum Gasteiger partial charge on any atom is 0.191 e. The van der Waals surface area contributed by atoms with Gasteiger partial charge in [0.1, 0.15) is 24.5 Å². The molecule has 1 fully saturated rings. The van der Waals surface area contributed by atoms with E-state index < -0.39 is 0 Å². The fourth-order valence-electron chi connectivity index (χ4n) is 3.46. The lowest BCUT2D eigenvalue weighted by molar-refractivity contribution is 0.321. The summed E-state index contributed by atoms with van der Waals surface area (Å²) in [6.07, 6.45) is 9.02. The number of nitrogens with zero attached hydrogens (tertiary/aromatic N) is 4. The van der Waals surface area contributed by atoms with Crippen LogP contribution in [0.15, 0.2) is 41.7 Å². The van der Waals surface area contributed by atoms with Gasteiger partial charge in [0, 0.05) is 19.0 Å². The number of nitrogens with one attached hydrogen (secondary N) is 2. The van der Waals surface area contributed by atoms with Crippen LogP contribution in [0.5, 0.6) is 5.75 Å². The molecule has 0 saturated heterocycles. The van der Waals surface area contributed by atoms with Gasteiger partial charge in [0.2, 0.25) is 0 Å². The Labute approximate surface area is 167 Å². The minimum Gasteiger partial charge on any atom is -0.492 e. The molecule has 1 saturated carbocycles. The number of hydrogen-bond acceptors (Lipinski definition) is 4. The predicted molar refractivity (Wildman–Crippen MR) is 112 cm³/mol. The molecule has 1 aromatic heterocycles. The lowest BCUT2D eigenvalue weighted by Gasteiger charge is -2.25. The molecule has 3 rings (SSSR count). The van der Waals surface area contributed by atoms with Crippen molar-refractivity contribution in [2.75, 3.05) is 19.7 Å². The number of aliphatic imine (C=N–C) groups is 1. The molecule has 0 bridgehead atoms. The normalized spacial score (nSPS) is 15.4. The van der Waals surface area contributed by atoms with Crippen LogP contribution in [0.4, 0.5) is 0 Å². The molecule has 28 heavy (non-hydrogen) atoms. The molecule has 2 aromatic rings. The Bertz CT molecular complexity index is 709. The van der Waals surface area contributed by atoms with Crippen LogP contribution in [0.25, 0.3) is 0 Å². The number of guanidine groups is 1. The Morgan fingerprint density at radius 2 is 2.04 bits per heavy atom. The SMILES string of the molecule is CCc1nncn1CCN=C(NCCOc1ccccc1)NC1CCCCC1. The van der Waals surface area contributed by atoms with Crippen LogP contribution >= 0.6 is 0 Å². The molecular formula is C21H32N6O. The van der Waals surface area contributed by atoms with Crippen molar-refractivity contribution < 1.29 is 4.74 Å². The van der Waals surface area contributed by atoms with Crippen molar-refractivity contribution in [3.63, 3.8) is 0 Å². The number of ether oxygens (including phenoxy) is 1. The first-order valence-corrected chi connectivity index (χ1v) is 10.4. The van der Waals surface area contributed by atoms with E-state index in [2.05, 4.69) is 32.3 Å². The van der Waals surface area contributed by atoms with Gasteiger partial charge in [-0.1, -0.05) is 44.4 Å². The first kappa shape index (κ1) is 20.2. The molecule has 152 valence electrons. The number of benzene rings is 1. The van der Waals surface area contributed by atoms with E-state index in [1.54, 1.807) is 6.33 Å². The van der Waals surface area contributed by atoms with E-state index in [-0.39, 0.29) is 0 Å². The third kappa shape index (κ3) is 6.55. The molecular weight excluding hydrogens is 352 g/mol. The summed E-state index contributed by atoms with van der Waals surface area (Å²) in [5.41, 5.74) is 0. The maximum absolute atomic E-state index is 5.77. The maximum atomic E-state index is 5.77. The van der Waals surface area contributed by atoms with Gasteiger partial charge in [-0.25, -0.2) is 0 Å². The zero-order valence-electron chi connectivity index (χ0n) is 16.8. The second kappa shape index (κ2) is 11.3. The molecule has 0 unspecified atom stereocenters. The smallest absolute Gasteiger partial charge is 0.191 e. The van der Waals surface area contributed by atoms with Crippen LogP contribution in [0, 0.1) is 0 Å². The summed E-state index contributed by atoms with van der Waals surface area (Å²) in [4.78, 5) is 4.78. The number of hydrogen-bond donors (Lipinski definition) is 2. The van der Waals surface area contributed by atoms with Gasteiger partial charge >= 0.3 is 0 Å². The van der Waals surface area contributed by atoms with Gasteiger partial charge in [-0.05, 0) is 25.0 Å². The van der Waals surface area contributed by atoms with Crippen molar-refractivity contribution in [2.24, 2.45) is 4.99 Å². The highest BCUT2D eigenvalue weighted by molar-refractivity contribution is 5.80. The molecule has 7 heteroatoms. The summed E-state index contributed by atoms with van der Waals surface area (Å²) in [6.45, 7) is 4.87. The second-order valence-electron chi connectivity index (χ2n) is 7.09. The van der Waals surface area contributed by atoms with Gasteiger partial charge in [-0.3, -0.25) is 4.99 Å². The number of para-hydroxylation sites is 1. The third-order valence-electron chi connectivity index (χ3n) is 4.98. The average Bonchev–Trinajstić information content (AvgIpc) is 3.20. The van der Waals surface area contributed by atoms with Crippen molar-refractivity contribution in [3.05, 3.63) is 42.5 Å². The fraction of sp³-hybridized carbons (Fsp3) is 0.571. The van der Waals surface area contributed by atoms with Crippen molar-refractivity contribution in [3.8, 4) is 5.75 Å². The van der Waals surface area contributed by atoms with Crippen LogP contribution in [0.1, 0.15) is 44.9 Å². The van der Waals surface area contributed by atoms with Gasteiger partial charge in [-0.15, -0.1) is 10.2 Å². The van der Waals surface area contributed by atoms with Crippen molar-refractivity contribution in [1.82, 2.24) is 25.4 Å². The van der Waals surface area contributed by atoms with E-state index in [9.17, 15) is 0 Å². The van der Waals surface area contributed by atoms with Crippen LogP contribution in [-0.2, 0) is 13.0 Å². The highest BCUT2D eigenvalue weighted by Crippen LogP contribution is 2.17. The molecule has 0 spiro atoms. The summed E-state index contributed by atoms with van der Waals surface area (Å²) in [6, 6.07) is 10.4. The van der Waals surface area contributed by atoms with Crippen LogP contribution in [0.2, 0.25) is 0 Å². The Morgan fingerprint density at radius 3 is 2.82 bits per heavy atom. The molecule has 0 amide bonds. The minimum atomic E-state index is 0.510. The first-order chi connectivity index (χ1) is 13.8. The lowest BCUT2D eigenvalue weighted by atomic mass is 9.96. The summed E-state index contributed by atoms with van der Waals surface area (Å²) in [5, 5.41) is 15.1. The summed E-state index contributed by atoms with van der Waals surface area (Å²) < 4.78 is 7.84. The van der Waals surface area contributed by atoms with Gasteiger partial charge in [0.25, 0.3) is 0 Å². The van der Waals surface area contributed by atoms with E-state index >= 15 is 0 Å². The number of aryl methyl sites for hydroxylation is 1. The highest BCUT2D eigenvalue weighted by atomic mass is 16.5. The Kier molecular flexibility index (Phi) is 8.15. The van der Waals surface area contributed by atoms with Gasteiger partial charge < -0.3 is 19.9 Å². The minimum absolute atomic E-state index is 0.510. The number of aromatic nitrogens is 3. The molecule has 7 nitrogen and oxygen atoms in total. The summed E-state index contributed by atoms with van der Waals surface area (Å²) >= 11 is 0. The average molecular weight is 385 g/mol.